The summed E-state index contributed by atoms with van der Waals surface area (Å²) in [5, 5.41) is 18.8. The van der Waals surface area contributed by atoms with Gasteiger partial charge in [-0.15, -0.1) is 0 Å². The molecule has 4 aromatic rings. The Morgan fingerprint density at radius 2 is 1.62 bits per heavy atom. The van der Waals surface area contributed by atoms with E-state index in [1.807, 2.05) is 17.0 Å². The van der Waals surface area contributed by atoms with Gasteiger partial charge in [0.15, 0.2) is 5.96 Å². The molecule has 0 radical (unpaired) electrons. The van der Waals surface area contributed by atoms with E-state index < -0.39 is 0 Å². The molecule has 1 aromatic heterocycles. The lowest BCUT2D eigenvalue weighted by atomic mass is 9.99. The van der Waals surface area contributed by atoms with Gasteiger partial charge in [-0.05, 0) is 86.6 Å². The predicted octanol–water partition coefficient (Wildman–Crippen LogP) is 5.92. The summed E-state index contributed by atoms with van der Waals surface area (Å²) in [4.78, 5) is 5.62. The van der Waals surface area contributed by atoms with Gasteiger partial charge in [-0.25, -0.2) is 0 Å². The number of aromatic hydroxyl groups is 1. The average molecular weight is 455 g/mol. The summed E-state index contributed by atoms with van der Waals surface area (Å²) in [6.07, 6.45) is 3.73. The van der Waals surface area contributed by atoms with Crippen LogP contribution in [0, 0.1) is 19.3 Å². The van der Waals surface area contributed by atoms with E-state index in [-0.39, 0.29) is 5.96 Å². The van der Waals surface area contributed by atoms with Gasteiger partial charge in [-0.3, -0.25) is 5.41 Å². The molecule has 0 saturated heterocycles. The highest BCUT2D eigenvalue weighted by molar-refractivity contribution is 5.91. The number of fused-ring (bicyclic) bond motifs is 1. The number of aryl methyl sites for hydroxylation is 3. The third kappa shape index (κ3) is 5.60. The Morgan fingerprint density at radius 1 is 0.912 bits per heavy atom. The Balaban J connectivity index is 1.47. The van der Waals surface area contributed by atoms with Gasteiger partial charge in [0.05, 0.1) is 0 Å². The number of hydrogen-bond donors (Lipinski definition) is 4. The Hall–Kier alpha value is -3.73. The van der Waals surface area contributed by atoms with Crippen molar-refractivity contribution in [3.63, 3.8) is 0 Å². The number of H-pyrrole nitrogens is 1. The van der Waals surface area contributed by atoms with Crippen molar-refractivity contribution in [2.24, 2.45) is 5.73 Å². The topological polar surface area (TPSA) is 89.1 Å². The van der Waals surface area contributed by atoms with Gasteiger partial charge >= 0.3 is 0 Å². The number of nitrogens with two attached hydrogens (primary N) is 1. The molecule has 5 heteroatoms. The van der Waals surface area contributed by atoms with Crippen LogP contribution in [0.2, 0.25) is 0 Å². The maximum Gasteiger partial charge on any atom is 0.188 e. The SMILES string of the molecule is Cc1cc(C)cc(-c2[nH]c3ccccc3c2CCN(CCCCc2ccc(O)cc2)C(=N)N)c1. The predicted molar refractivity (Wildman–Crippen MR) is 141 cm³/mol. The molecule has 0 unspecified atom stereocenters. The summed E-state index contributed by atoms with van der Waals surface area (Å²) < 4.78 is 0. The van der Waals surface area contributed by atoms with Crippen LogP contribution in [-0.2, 0) is 12.8 Å². The highest BCUT2D eigenvalue weighted by Gasteiger charge is 2.16. The van der Waals surface area contributed by atoms with Gasteiger partial charge < -0.3 is 20.7 Å². The summed E-state index contributed by atoms with van der Waals surface area (Å²) in [6.45, 7) is 5.73. The van der Waals surface area contributed by atoms with Crippen LogP contribution in [0.3, 0.4) is 0 Å². The number of phenols is 1. The van der Waals surface area contributed by atoms with E-state index in [4.69, 9.17) is 11.1 Å². The maximum absolute atomic E-state index is 9.44. The fourth-order valence-electron chi connectivity index (χ4n) is 4.72. The maximum atomic E-state index is 9.44. The number of rotatable bonds is 9. The number of benzene rings is 3. The second-order valence-electron chi connectivity index (χ2n) is 9.15. The molecule has 0 aliphatic carbocycles. The minimum Gasteiger partial charge on any atom is -0.508 e. The summed E-state index contributed by atoms with van der Waals surface area (Å²) in [7, 11) is 0. The van der Waals surface area contributed by atoms with Gasteiger partial charge in [0.1, 0.15) is 5.75 Å². The van der Waals surface area contributed by atoms with E-state index >= 15 is 0 Å². The number of aromatic amines is 1. The minimum absolute atomic E-state index is 0.123. The first kappa shape index (κ1) is 23.4. The lowest BCUT2D eigenvalue weighted by Gasteiger charge is -2.23. The molecule has 5 nitrogen and oxygen atoms in total. The van der Waals surface area contributed by atoms with Crippen LogP contribution < -0.4 is 5.73 Å². The first-order valence-corrected chi connectivity index (χ1v) is 12.0. The summed E-state index contributed by atoms with van der Waals surface area (Å²) >= 11 is 0. The fourth-order valence-corrected chi connectivity index (χ4v) is 4.72. The van der Waals surface area contributed by atoms with E-state index in [0.29, 0.717) is 12.3 Å². The van der Waals surface area contributed by atoms with Crippen molar-refractivity contribution in [1.29, 1.82) is 5.41 Å². The molecular weight excluding hydrogens is 420 g/mol. The van der Waals surface area contributed by atoms with Gasteiger partial charge in [0.2, 0.25) is 0 Å². The second-order valence-corrected chi connectivity index (χ2v) is 9.15. The molecule has 0 aliphatic heterocycles. The third-order valence-corrected chi connectivity index (χ3v) is 6.38. The molecular formula is C29H34N4O. The molecule has 0 atom stereocenters. The lowest BCUT2D eigenvalue weighted by molar-refractivity contribution is 0.402. The Morgan fingerprint density at radius 3 is 2.32 bits per heavy atom. The van der Waals surface area contributed by atoms with Crippen LogP contribution >= 0.6 is 0 Å². The molecule has 176 valence electrons. The second kappa shape index (κ2) is 10.5. The molecule has 0 fully saturated rings. The van der Waals surface area contributed by atoms with E-state index in [2.05, 4.69) is 61.3 Å². The molecule has 0 bridgehead atoms. The molecule has 1 heterocycles. The highest BCUT2D eigenvalue weighted by Crippen LogP contribution is 2.32. The first-order chi connectivity index (χ1) is 16.4. The molecule has 3 aromatic carbocycles. The fraction of sp³-hybridized carbons (Fsp3) is 0.276. The number of nitrogens with one attached hydrogen (secondary N) is 2. The van der Waals surface area contributed by atoms with Crippen molar-refractivity contribution in [2.45, 2.75) is 39.5 Å². The summed E-state index contributed by atoms with van der Waals surface area (Å²) in [6, 6.07) is 22.5. The van der Waals surface area contributed by atoms with Crippen molar-refractivity contribution in [3.8, 4) is 17.0 Å². The quantitative estimate of drug-likeness (QED) is 0.144. The molecule has 0 spiro atoms. The van der Waals surface area contributed by atoms with Crippen LogP contribution in [0.1, 0.15) is 35.1 Å². The van der Waals surface area contributed by atoms with Gasteiger partial charge in [0.25, 0.3) is 0 Å². The van der Waals surface area contributed by atoms with Crippen molar-refractivity contribution < 1.29 is 5.11 Å². The molecule has 0 aliphatic rings. The molecule has 5 N–H and O–H groups in total. The molecule has 0 saturated carbocycles. The van der Waals surface area contributed by atoms with E-state index in [9.17, 15) is 5.11 Å². The third-order valence-electron chi connectivity index (χ3n) is 6.38. The van der Waals surface area contributed by atoms with Crippen molar-refractivity contribution >= 4 is 16.9 Å². The van der Waals surface area contributed by atoms with Gasteiger partial charge in [0, 0.05) is 29.7 Å². The van der Waals surface area contributed by atoms with E-state index in [1.54, 1.807) is 12.1 Å². The number of nitrogens with zero attached hydrogens (tertiary/aromatic N) is 1. The molecule has 0 amide bonds. The van der Waals surface area contributed by atoms with E-state index in [0.717, 1.165) is 43.4 Å². The van der Waals surface area contributed by atoms with Crippen molar-refractivity contribution in [2.75, 3.05) is 13.1 Å². The van der Waals surface area contributed by atoms with Gasteiger partial charge in [-0.2, -0.15) is 0 Å². The smallest absolute Gasteiger partial charge is 0.188 e. The van der Waals surface area contributed by atoms with E-state index in [1.165, 1.54) is 33.2 Å². The number of hydrogen-bond acceptors (Lipinski definition) is 2. The van der Waals surface area contributed by atoms with Crippen LogP contribution in [0.25, 0.3) is 22.2 Å². The summed E-state index contributed by atoms with van der Waals surface area (Å²) in [5.74, 6) is 0.418. The average Bonchev–Trinajstić information content (AvgIpc) is 3.17. The number of aromatic nitrogens is 1. The monoisotopic (exact) mass is 454 g/mol. The lowest BCUT2D eigenvalue weighted by Crippen LogP contribution is -2.38. The zero-order chi connectivity index (χ0) is 24.1. The van der Waals surface area contributed by atoms with Crippen LogP contribution in [0.15, 0.2) is 66.7 Å². The highest BCUT2D eigenvalue weighted by atomic mass is 16.3. The van der Waals surface area contributed by atoms with Crippen LogP contribution in [0.4, 0.5) is 0 Å². The standard InChI is InChI=1S/C29H34N4O/c1-20-17-21(2)19-23(18-20)28-26(25-8-3-4-9-27(25)32-28)14-16-33(29(30)31)15-6-5-7-22-10-12-24(34)13-11-22/h3-4,8-13,17-19,32,34H,5-7,14-16H2,1-2H3,(H3,30,31). The minimum atomic E-state index is 0.123. The number of phenolic OH excluding ortho intramolecular Hbond substituents is 1. The Bertz CT molecular complexity index is 1250. The zero-order valence-electron chi connectivity index (χ0n) is 20.1. The normalized spacial score (nSPS) is 11.1. The summed E-state index contributed by atoms with van der Waals surface area (Å²) in [5.41, 5.74) is 14.4. The van der Waals surface area contributed by atoms with Crippen LogP contribution in [0.5, 0.6) is 5.75 Å². The number of unbranched alkanes of at least 4 members (excludes halogenated alkanes) is 1. The van der Waals surface area contributed by atoms with Crippen molar-refractivity contribution in [1.82, 2.24) is 9.88 Å². The number of guanidine groups is 1. The van der Waals surface area contributed by atoms with Gasteiger partial charge in [-0.1, -0.05) is 47.5 Å². The van der Waals surface area contributed by atoms with Crippen molar-refractivity contribution in [3.05, 3.63) is 89.0 Å². The van der Waals surface area contributed by atoms with Crippen LogP contribution in [-0.4, -0.2) is 34.0 Å². The Labute approximate surface area is 201 Å². The first-order valence-electron chi connectivity index (χ1n) is 12.0. The molecule has 34 heavy (non-hydrogen) atoms. The Kier molecular flexibility index (Phi) is 7.21. The largest absolute Gasteiger partial charge is 0.508 e. The zero-order valence-corrected chi connectivity index (χ0v) is 20.1. The number of para-hydroxylation sites is 1. The molecule has 4 rings (SSSR count).